The highest BCUT2D eigenvalue weighted by Gasteiger charge is 2.49. The number of benzene rings is 2. The summed E-state index contributed by atoms with van der Waals surface area (Å²) in [5.74, 6) is -0.225. The van der Waals surface area contributed by atoms with E-state index in [0.717, 1.165) is 19.4 Å². The fourth-order valence-electron chi connectivity index (χ4n) is 5.63. The maximum Gasteiger partial charge on any atom is 0.409 e. The van der Waals surface area contributed by atoms with Gasteiger partial charge in [-0.25, -0.2) is 4.79 Å². The predicted octanol–water partition coefficient (Wildman–Crippen LogP) is 3.41. The van der Waals surface area contributed by atoms with Gasteiger partial charge in [0.05, 0.1) is 13.0 Å². The second kappa shape index (κ2) is 8.00. The molecule has 5 rings (SSSR count). The molecule has 1 atom stereocenters. The number of piperidine rings is 1. The van der Waals surface area contributed by atoms with Crippen LogP contribution in [0.4, 0.5) is 4.79 Å². The number of nitrogens with zero attached hydrogens (tertiary/aromatic N) is 1. The van der Waals surface area contributed by atoms with E-state index in [2.05, 4.69) is 29.6 Å². The Hall–Kier alpha value is -2.86. The van der Waals surface area contributed by atoms with E-state index in [9.17, 15) is 9.59 Å². The van der Waals surface area contributed by atoms with E-state index in [4.69, 9.17) is 9.47 Å². The minimum absolute atomic E-state index is 0.0650. The van der Waals surface area contributed by atoms with Crippen LogP contribution in [0.25, 0.3) is 11.1 Å². The number of ether oxygens (including phenoxy) is 2. The lowest BCUT2D eigenvalue weighted by Crippen LogP contribution is -2.48. The summed E-state index contributed by atoms with van der Waals surface area (Å²) >= 11 is 0. The summed E-state index contributed by atoms with van der Waals surface area (Å²) in [5, 5.41) is 3.34. The minimum Gasteiger partial charge on any atom is -0.469 e. The van der Waals surface area contributed by atoms with Gasteiger partial charge in [-0.2, -0.15) is 0 Å². The van der Waals surface area contributed by atoms with E-state index in [1.54, 1.807) is 4.90 Å². The highest BCUT2D eigenvalue weighted by molar-refractivity contribution is 5.79. The smallest absolute Gasteiger partial charge is 0.409 e. The Morgan fingerprint density at radius 2 is 1.65 bits per heavy atom. The highest BCUT2D eigenvalue weighted by Crippen LogP contribution is 2.45. The molecule has 2 fully saturated rings. The van der Waals surface area contributed by atoms with Crippen LogP contribution in [0.15, 0.2) is 48.5 Å². The predicted molar refractivity (Wildman–Crippen MR) is 117 cm³/mol. The Morgan fingerprint density at radius 3 is 2.26 bits per heavy atom. The lowest BCUT2D eigenvalue weighted by molar-refractivity contribution is -0.149. The fourth-order valence-corrected chi connectivity index (χ4v) is 5.63. The fraction of sp³-hybridized carbons (Fsp3) is 0.440. The summed E-state index contributed by atoms with van der Waals surface area (Å²) in [6, 6.07) is 16.7. The van der Waals surface area contributed by atoms with Crippen LogP contribution < -0.4 is 5.32 Å². The third kappa shape index (κ3) is 3.39. The molecule has 1 aliphatic carbocycles. The quantitative estimate of drug-likeness (QED) is 0.771. The molecule has 2 aromatic rings. The summed E-state index contributed by atoms with van der Waals surface area (Å²) < 4.78 is 10.8. The molecule has 0 radical (unpaired) electrons. The first-order valence-electron chi connectivity index (χ1n) is 11.0. The zero-order valence-corrected chi connectivity index (χ0v) is 17.8. The van der Waals surface area contributed by atoms with E-state index in [1.807, 2.05) is 24.3 Å². The minimum atomic E-state index is -0.266. The van der Waals surface area contributed by atoms with Gasteiger partial charge < -0.3 is 19.7 Å². The lowest BCUT2D eigenvalue weighted by Gasteiger charge is -2.41. The maximum absolute atomic E-state index is 12.9. The average Bonchev–Trinajstić information content (AvgIpc) is 3.36. The van der Waals surface area contributed by atoms with Crippen molar-refractivity contribution in [1.29, 1.82) is 0 Å². The molecule has 0 saturated carbocycles. The van der Waals surface area contributed by atoms with Gasteiger partial charge in [0.1, 0.15) is 6.61 Å². The largest absolute Gasteiger partial charge is 0.469 e. The van der Waals surface area contributed by atoms with E-state index in [-0.39, 0.29) is 29.3 Å². The van der Waals surface area contributed by atoms with Crippen LogP contribution in [0.1, 0.15) is 29.9 Å². The molecule has 2 heterocycles. The van der Waals surface area contributed by atoms with Gasteiger partial charge in [-0.15, -0.1) is 0 Å². The van der Waals surface area contributed by atoms with Crippen LogP contribution in [0, 0.1) is 11.3 Å². The molecule has 3 aliphatic rings. The van der Waals surface area contributed by atoms with Gasteiger partial charge in [0.25, 0.3) is 0 Å². The van der Waals surface area contributed by atoms with Crippen molar-refractivity contribution >= 4 is 12.1 Å². The van der Waals surface area contributed by atoms with Crippen molar-refractivity contribution in [2.24, 2.45) is 11.3 Å². The highest BCUT2D eigenvalue weighted by atomic mass is 16.6. The maximum atomic E-state index is 12.9. The van der Waals surface area contributed by atoms with Crippen molar-refractivity contribution in [2.75, 3.05) is 39.9 Å². The Balaban J connectivity index is 1.23. The number of methoxy groups -OCH3 is 1. The zero-order valence-electron chi connectivity index (χ0n) is 17.8. The molecule has 1 amide bonds. The summed E-state index contributed by atoms with van der Waals surface area (Å²) in [6.07, 6.45) is 1.30. The standard InChI is InChI=1S/C25H28N2O4/c1-30-23(28)22-14-26-16-25(22)10-12-27(13-11-25)24(29)31-15-21-19-8-4-2-6-17(19)18-7-3-5-9-20(18)21/h2-9,21-22,26H,10-16H2,1H3. The van der Waals surface area contributed by atoms with Crippen molar-refractivity contribution in [3.8, 4) is 11.1 Å². The summed E-state index contributed by atoms with van der Waals surface area (Å²) in [4.78, 5) is 26.8. The van der Waals surface area contributed by atoms with Crippen molar-refractivity contribution in [3.63, 3.8) is 0 Å². The Labute approximate surface area is 182 Å². The second-order valence-corrected chi connectivity index (χ2v) is 8.86. The van der Waals surface area contributed by atoms with Crippen LogP contribution in [-0.4, -0.2) is 56.9 Å². The number of carbonyl (C=O) groups is 2. The molecule has 6 nitrogen and oxygen atoms in total. The van der Waals surface area contributed by atoms with Crippen molar-refractivity contribution < 1.29 is 19.1 Å². The van der Waals surface area contributed by atoms with E-state index >= 15 is 0 Å². The molecule has 2 aliphatic heterocycles. The number of amides is 1. The molecule has 31 heavy (non-hydrogen) atoms. The summed E-state index contributed by atoms with van der Waals surface area (Å²) in [5.41, 5.74) is 4.76. The Kier molecular flexibility index (Phi) is 5.18. The topological polar surface area (TPSA) is 67.9 Å². The van der Waals surface area contributed by atoms with Gasteiger partial charge in [0.15, 0.2) is 0 Å². The normalized spacial score (nSPS) is 21.6. The third-order valence-electron chi connectivity index (χ3n) is 7.40. The summed E-state index contributed by atoms with van der Waals surface area (Å²) in [7, 11) is 1.44. The lowest BCUT2D eigenvalue weighted by atomic mass is 9.71. The number of hydrogen-bond donors (Lipinski definition) is 1. The number of rotatable bonds is 3. The first-order chi connectivity index (χ1) is 15.1. The molecular weight excluding hydrogens is 392 g/mol. The number of nitrogens with one attached hydrogen (secondary N) is 1. The SMILES string of the molecule is COC(=O)C1CNCC12CCN(C(=O)OCC1c3ccccc3-c3ccccc31)CC2. The van der Waals surface area contributed by atoms with Crippen LogP contribution in [0.5, 0.6) is 0 Å². The first-order valence-corrected chi connectivity index (χ1v) is 11.0. The van der Waals surface area contributed by atoms with Gasteiger partial charge in [0, 0.05) is 37.5 Å². The number of fused-ring (bicyclic) bond motifs is 3. The van der Waals surface area contributed by atoms with E-state index < -0.39 is 0 Å². The van der Waals surface area contributed by atoms with Crippen LogP contribution in [0.2, 0.25) is 0 Å². The molecular formula is C25H28N2O4. The van der Waals surface area contributed by atoms with E-state index in [1.165, 1.54) is 29.4 Å². The number of carbonyl (C=O) groups excluding carboxylic acids is 2. The number of likely N-dealkylation sites (tertiary alicyclic amines) is 1. The van der Waals surface area contributed by atoms with E-state index in [0.29, 0.717) is 26.2 Å². The van der Waals surface area contributed by atoms with Crippen LogP contribution in [-0.2, 0) is 14.3 Å². The van der Waals surface area contributed by atoms with Crippen molar-refractivity contribution in [2.45, 2.75) is 18.8 Å². The average molecular weight is 421 g/mol. The molecule has 0 aromatic heterocycles. The van der Waals surface area contributed by atoms with Gasteiger partial charge in [-0.3, -0.25) is 4.79 Å². The van der Waals surface area contributed by atoms with Crippen LogP contribution in [0.3, 0.4) is 0 Å². The van der Waals surface area contributed by atoms with Crippen molar-refractivity contribution in [3.05, 3.63) is 59.7 Å². The molecule has 1 unspecified atom stereocenters. The monoisotopic (exact) mass is 420 g/mol. The summed E-state index contributed by atoms with van der Waals surface area (Å²) in [6.45, 7) is 2.99. The van der Waals surface area contributed by atoms with Gasteiger partial charge >= 0.3 is 12.1 Å². The first kappa shape index (κ1) is 20.1. The Morgan fingerprint density at radius 1 is 1.03 bits per heavy atom. The molecule has 2 aromatic carbocycles. The van der Waals surface area contributed by atoms with Gasteiger partial charge in [-0.05, 0) is 35.1 Å². The Bertz CT molecular complexity index is 951. The number of hydrogen-bond acceptors (Lipinski definition) is 5. The third-order valence-corrected chi connectivity index (χ3v) is 7.40. The van der Waals surface area contributed by atoms with Gasteiger partial charge in [-0.1, -0.05) is 48.5 Å². The van der Waals surface area contributed by atoms with Crippen LogP contribution >= 0.6 is 0 Å². The van der Waals surface area contributed by atoms with Crippen molar-refractivity contribution in [1.82, 2.24) is 10.2 Å². The number of esters is 1. The van der Waals surface area contributed by atoms with Gasteiger partial charge in [0.2, 0.25) is 0 Å². The second-order valence-electron chi connectivity index (χ2n) is 8.86. The molecule has 1 N–H and O–H groups in total. The molecule has 0 bridgehead atoms. The molecule has 1 spiro atoms. The molecule has 2 saturated heterocycles. The molecule has 162 valence electrons. The zero-order chi connectivity index (χ0) is 21.4. The molecule has 6 heteroatoms.